The van der Waals surface area contributed by atoms with Crippen LogP contribution in [0.2, 0.25) is 0 Å². The lowest BCUT2D eigenvalue weighted by Gasteiger charge is -2.40. The van der Waals surface area contributed by atoms with Gasteiger partial charge in [-0.05, 0) is 23.8 Å². The van der Waals surface area contributed by atoms with Gasteiger partial charge >= 0.3 is 0 Å². The minimum atomic E-state index is 0.104. The maximum absolute atomic E-state index is 12.7. The van der Waals surface area contributed by atoms with E-state index >= 15 is 0 Å². The SMILES string of the molecule is Nc1cnccc1-c1ccc(C(=O)N2CCN(C3C[OH+]C3)CC2)cc1. The molecule has 0 atom stereocenters. The number of nitrogens with zero attached hydrogens (tertiary/aromatic N) is 3. The zero-order chi connectivity index (χ0) is 17.2. The minimum absolute atomic E-state index is 0.104. The second-order valence-corrected chi connectivity index (χ2v) is 6.61. The van der Waals surface area contributed by atoms with Crippen molar-refractivity contribution in [3.05, 3.63) is 48.3 Å². The number of anilines is 1. The van der Waals surface area contributed by atoms with E-state index < -0.39 is 0 Å². The van der Waals surface area contributed by atoms with Gasteiger partial charge in [0, 0.05) is 43.5 Å². The molecule has 0 saturated carbocycles. The second-order valence-electron chi connectivity index (χ2n) is 6.61. The smallest absolute Gasteiger partial charge is 0.253 e. The van der Waals surface area contributed by atoms with Crippen LogP contribution >= 0.6 is 0 Å². The standard InChI is InChI=1S/C19H22N4O2/c20-18-11-21-6-5-17(18)14-1-3-15(4-2-14)19(24)23-9-7-22(8-10-23)16-12-25-13-16/h1-6,11,16H,7-10,12-13,20H2/p+1. The number of rotatable bonds is 3. The van der Waals surface area contributed by atoms with Crippen molar-refractivity contribution in [1.82, 2.24) is 14.8 Å². The highest BCUT2D eigenvalue weighted by Gasteiger charge is 2.34. The van der Waals surface area contributed by atoms with Crippen molar-refractivity contribution < 1.29 is 9.53 Å². The Morgan fingerprint density at radius 1 is 1.08 bits per heavy atom. The summed E-state index contributed by atoms with van der Waals surface area (Å²) >= 11 is 0. The van der Waals surface area contributed by atoms with E-state index in [1.807, 2.05) is 35.2 Å². The summed E-state index contributed by atoms with van der Waals surface area (Å²) in [4.78, 5) is 21.1. The van der Waals surface area contributed by atoms with Gasteiger partial charge in [0.2, 0.25) is 0 Å². The zero-order valence-corrected chi connectivity index (χ0v) is 14.1. The highest BCUT2D eigenvalue weighted by Crippen LogP contribution is 2.25. The summed E-state index contributed by atoms with van der Waals surface area (Å²) in [5.41, 5.74) is 9.27. The molecule has 2 fully saturated rings. The zero-order valence-electron chi connectivity index (χ0n) is 14.1. The van der Waals surface area contributed by atoms with Crippen LogP contribution in [-0.4, -0.2) is 70.9 Å². The molecule has 2 saturated heterocycles. The van der Waals surface area contributed by atoms with Crippen molar-refractivity contribution >= 4 is 11.6 Å². The van der Waals surface area contributed by atoms with Crippen molar-refractivity contribution in [2.75, 3.05) is 45.1 Å². The number of amides is 1. The molecule has 0 aliphatic carbocycles. The third kappa shape index (κ3) is 3.23. The summed E-state index contributed by atoms with van der Waals surface area (Å²) in [6, 6.07) is 10.2. The molecule has 0 unspecified atom stereocenters. The van der Waals surface area contributed by atoms with Gasteiger partial charge in [0.15, 0.2) is 13.2 Å². The lowest BCUT2D eigenvalue weighted by Crippen LogP contribution is -2.58. The van der Waals surface area contributed by atoms with E-state index in [1.165, 1.54) is 0 Å². The average Bonchev–Trinajstić information content (AvgIpc) is 2.61. The van der Waals surface area contributed by atoms with Crippen LogP contribution in [0.25, 0.3) is 11.1 Å². The largest absolute Gasteiger partial charge is 0.431 e. The Bertz CT molecular complexity index is 750. The van der Waals surface area contributed by atoms with Gasteiger partial charge in [-0.25, -0.2) is 0 Å². The molecular weight excluding hydrogens is 316 g/mol. The van der Waals surface area contributed by atoms with Gasteiger partial charge in [-0.15, -0.1) is 0 Å². The number of aromatic nitrogens is 1. The Morgan fingerprint density at radius 3 is 2.40 bits per heavy atom. The summed E-state index contributed by atoms with van der Waals surface area (Å²) in [7, 11) is 0. The third-order valence-corrected chi connectivity index (χ3v) is 5.09. The quantitative estimate of drug-likeness (QED) is 0.847. The van der Waals surface area contributed by atoms with E-state index in [0.29, 0.717) is 11.7 Å². The molecular formula is C19H23N4O2+. The molecule has 2 aromatic rings. The molecule has 0 bridgehead atoms. The first-order chi connectivity index (χ1) is 12.2. The summed E-state index contributed by atoms with van der Waals surface area (Å²) in [6.07, 6.45) is 3.36. The van der Waals surface area contributed by atoms with E-state index in [4.69, 9.17) is 5.73 Å². The van der Waals surface area contributed by atoms with Gasteiger partial charge < -0.3 is 15.4 Å². The Kier molecular flexibility index (Phi) is 4.38. The maximum Gasteiger partial charge on any atom is 0.253 e. The fourth-order valence-corrected chi connectivity index (χ4v) is 3.41. The van der Waals surface area contributed by atoms with Gasteiger partial charge in [0.25, 0.3) is 5.91 Å². The number of carbonyl (C=O) groups excluding carboxylic acids is 1. The molecule has 1 aromatic carbocycles. The van der Waals surface area contributed by atoms with E-state index in [2.05, 4.69) is 14.6 Å². The minimum Gasteiger partial charge on any atom is -0.431 e. The van der Waals surface area contributed by atoms with E-state index in [9.17, 15) is 4.79 Å². The van der Waals surface area contributed by atoms with Crippen molar-refractivity contribution in [1.29, 1.82) is 0 Å². The van der Waals surface area contributed by atoms with E-state index in [1.54, 1.807) is 12.4 Å². The molecule has 6 heteroatoms. The molecule has 1 aromatic heterocycles. The predicted octanol–water partition coefficient (Wildman–Crippen LogP) is 0.999. The Hall–Kier alpha value is -2.44. The molecule has 4 rings (SSSR count). The number of pyridine rings is 1. The van der Waals surface area contributed by atoms with Crippen molar-refractivity contribution in [3.8, 4) is 11.1 Å². The molecule has 2 aliphatic heterocycles. The van der Waals surface area contributed by atoms with Gasteiger partial charge in [-0.2, -0.15) is 0 Å². The summed E-state index contributed by atoms with van der Waals surface area (Å²) in [5.74, 6) is 0.104. The summed E-state index contributed by atoms with van der Waals surface area (Å²) < 4.78 is 4.28. The first-order valence-corrected chi connectivity index (χ1v) is 8.69. The monoisotopic (exact) mass is 339 g/mol. The van der Waals surface area contributed by atoms with Crippen LogP contribution in [0.3, 0.4) is 0 Å². The van der Waals surface area contributed by atoms with Gasteiger partial charge in [-0.1, -0.05) is 12.1 Å². The Labute approximate surface area is 147 Å². The van der Waals surface area contributed by atoms with Crippen LogP contribution < -0.4 is 5.73 Å². The number of hydrogen-bond acceptors (Lipinski definition) is 4. The van der Waals surface area contributed by atoms with Crippen molar-refractivity contribution in [3.63, 3.8) is 0 Å². The summed E-state index contributed by atoms with van der Waals surface area (Å²) in [5, 5.41) is 0. The van der Waals surface area contributed by atoms with Crippen molar-refractivity contribution in [2.24, 2.45) is 0 Å². The van der Waals surface area contributed by atoms with Crippen LogP contribution in [0.5, 0.6) is 0 Å². The highest BCUT2D eigenvalue weighted by molar-refractivity contribution is 5.95. The molecule has 1 amide bonds. The van der Waals surface area contributed by atoms with Crippen LogP contribution in [0.1, 0.15) is 10.4 Å². The Morgan fingerprint density at radius 2 is 1.80 bits per heavy atom. The number of aliphatic hydroxyl groups is 2. The normalized spacial score (nSPS) is 18.8. The topological polar surface area (TPSA) is 75.3 Å². The molecule has 6 nitrogen and oxygen atoms in total. The van der Waals surface area contributed by atoms with Crippen molar-refractivity contribution in [2.45, 2.75) is 6.04 Å². The van der Waals surface area contributed by atoms with Crippen LogP contribution in [0.4, 0.5) is 5.69 Å². The van der Waals surface area contributed by atoms with Gasteiger partial charge in [0.1, 0.15) is 6.04 Å². The van der Waals surface area contributed by atoms with E-state index in [-0.39, 0.29) is 5.91 Å². The molecule has 2 aliphatic rings. The van der Waals surface area contributed by atoms with Crippen LogP contribution in [-0.2, 0) is 0 Å². The molecule has 130 valence electrons. The molecule has 25 heavy (non-hydrogen) atoms. The van der Waals surface area contributed by atoms with Gasteiger partial charge in [0.05, 0.1) is 11.9 Å². The van der Waals surface area contributed by atoms with E-state index in [0.717, 1.165) is 56.1 Å². The van der Waals surface area contributed by atoms with Gasteiger partial charge in [-0.3, -0.25) is 14.7 Å². The second kappa shape index (κ2) is 6.82. The number of piperazine rings is 1. The Balaban J connectivity index is 1.42. The van der Waals surface area contributed by atoms with Crippen LogP contribution in [0.15, 0.2) is 42.7 Å². The predicted molar refractivity (Wildman–Crippen MR) is 97.3 cm³/mol. The number of nitrogens with two attached hydrogens (primary N) is 1. The molecule has 3 N–H and O–H groups in total. The average molecular weight is 339 g/mol. The molecule has 0 spiro atoms. The first kappa shape index (κ1) is 16.1. The molecule has 0 radical (unpaired) electrons. The summed E-state index contributed by atoms with van der Waals surface area (Å²) in [6.45, 7) is 5.36. The fraction of sp³-hybridized carbons (Fsp3) is 0.368. The molecule has 3 heterocycles. The first-order valence-electron chi connectivity index (χ1n) is 8.69. The maximum atomic E-state index is 12.7. The third-order valence-electron chi connectivity index (χ3n) is 5.09. The number of carbonyl (C=O) groups is 1. The number of hydrogen-bond donors (Lipinski definition) is 1. The lowest BCUT2D eigenvalue weighted by atomic mass is 10.0. The van der Waals surface area contributed by atoms with Crippen LogP contribution in [0, 0.1) is 0 Å². The fourth-order valence-electron chi connectivity index (χ4n) is 3.41. The number of nitrogen functional groups attached to an aromatic ring is 1. The number of ether oxygens (including phenoxy) is 1. The number of benzene rings is 1. The highest BCUT2D eigenvalue weighted by atomic mass is 16.5. The lowest BCUT2D eigenvalue weighted by molar-refractivity contribution is -0.187.